The molecular weight excluding hydrogens is 278 g/mol. The van der Waals surface area contributed by atoms with Crippen LogP contribution >= 0.6 is 11.3 Å². The first-order valence-corrected chi connectivity index (χ1v) is 6.95. The molecule has 6 nitrogen and oxygen atoms in total. The van der Waals surface area contributed by atoms with Crippen molar-refractivity contribution in [3.05, 3.63) is 44.4 Å². The summed E-state index contributed by atoms with van der Waals surface area (Å²) in [4.78, 5) is 15.9. The number of nitro groups is 1. The van der Waals surface area contributed by atoms with Gasteiger partial charge in [-0.25, -0.2) is 4.98 Å². The molecule has 0 saturated heterocycles. The van der Waals surface area contributed by atoms with Gasteiger partial charge in [0.15, 0.2) is 0 Å². The second-order valence-corrected chi connectivity index (χ2v) is 5.27. The summed E-state index contributed by atoms with van der Waals surface area (Å²) in [7, 11) is 1.48. The van der Waals surface area contributed by atoms with Crippen LogP contribution in [0.1, 0.15) is 16.8 Å². The Morgan fingerprint density at radius 3 is 2.90 bits per heavy atom. The molecule has 2 aromatic rings. The summed E-state index contributed by atoms with van der Waals surface area (Å²) in [5.41, 5.74) is 0.479. The standard InChI is InChI=1S/C13H15N3O3S/c1-3-13-15-8-10(20-13)7-14-11-5-4-9(19-2)6-12(11)16(17)18/h4-6,8,14H,3,7H2,1-2H3. The van der Waals surface area contributed by atoms with Gasteiger partial charge in [0.25, 0.3) is 5.69 Å². The second kappa shape index (κ2) is 6.33. The van der Waals surface area contributed by atoms with Gasteiger partial charge in [0.1, 0.15) is 11.4 Å². The molecule has 1 N–H and O–H groups in total. The molecule has 0 aliphatic rings. The number of ether oxygens (including phenoxy) is 1. The Labute approximate surface area is 120 Å². The molecule has 106 valence electrons. The Hall–Kier alpha value is -2.15. The molecule has 0 amide bonds. The summed E-state index contributed by atoms with van der Waals surface area (Å²) >= 11 is 1.61. The molecule has 1 aromatic carbocycles. The van der Waals surface area contributed by atoms with Gasteiger partial charge in [-0.15, -0.1) is 11.3 Å². The van der Waals surface area contributed by atoms with E-state index in [1.807, 2.05) is 6.92 Å². The lowest BCUT2D eigenvalue weighted by Gasteiger charge is -2.07. The summed E-state index contributed by atoms with van der Waals surface area (Å²) in [5, 5.41) is 15.2. The summed E-state index contributed by atoms with van der Waals surface area (Å²) < 4.78 is 5.00. The minimum Gasteiger partial charge on any atom is -0.496 e. The lowest BCUT2D eigenvalue weighted by molar-refractivity contribution is -0.384. The molecule has 0 aliphatic heterocycles. The van der Waals surface area contributed by atoms with Crippen molar-refractivity contribution in [1.29, 1.82) is 0 Å². The summed E-state index contributed by atoms with van der Waals surface area (Å²) in [6.45, 7) is 2.56. The number of aromatic nitrogens is 1. The Balaban J connectivity index is 2.14. The second-order valence-electron chi connectivity index (χ2n) is 4.07. The van der Waals surface area contributed by atoms with E-state index in [0.29, 0.717) is 18.0 Å². The van der Waals surface area contributed by atoms with E-state index in [9.17, 15) is 10.1 Å². The number of hydrogen-bond donors (Lipinski definition) is 1. The largest absolute Gasteiger partial charge is 0.496 e. The molecule has 0 atom stereocenters. The number of nitro benzene ring substituents is 1. The third-order valence-electron chi connectivity index (χ3n) is 2.76. The molecule has 0 radical (unpaired) electrons. The highest BCUT2D eigenvalue weighted by Gasteiger charge is 2.15. The van der Waals surface area contributed by atoms with Crippen LogP contribution in [-0.2, 0) is 13.0 Å². The van der Waals surface area contributed by atoms with Crippen LogP contribution < -0.4 is 10.1 Å². The average molecular weight is 293 g/mol. The van der Waals surface area contributed by atoms with Crippen LogP contribution in [0.3, 0.4) is 0 Å². The maximum atomic E-state index is 11.1. The van der Waals surface area contributed by atoms with Crippen LogP contribution in [0.2, 0.25) is 0 Å². The van der Waals surface area contributed by atoms with Gasteiger partial charge in [-0.2, -0.15) is 0 Å². The van der Waals surface area contributed by atoms with Crippen LogP contribution in [0.5, 0.6) is 5.75 Å². The van der Waals surface area contributed by atoms with Gasteiger partial charge in [0.2, 0.25) is 0 Å². The number of anilines is 1. The van der Waals surface area contributed by atoms with Gasteiger partial charge in [0, 0.05) is 11.1 Å². The topological polar surface area (TPSA) is 77.3 Å². The molecule has 0 bridgehead atoms. The quantitative estimate of drug-likeness (QED) is 0.653. The van der Waals surface area contributed by atoms with Crippen LogP contribution in [0.25, 0.3) is 0 Å². The molecule has 0 saturated carbocycles. The van der Waals surface area contributed by atoms with E-state index in [1.54, 1.807) is 29.7 Å². The molecule has 0 spiro atoms. The molecule has 1 aromatic heterocycles. The van der Waals surface area contributed by atoms with Gasteiger partial charge in [-0.3, -0.25) is 10.1 Å². The fourth-order valence-electron chi connectivity index (χ4n) is 1.71. The smallest absolute Gasteiger partial charge is 0.296 e. The lowest BCUT2D eigenvalue weighted by Crippen LogP contribution is -2.01. The monoisotopic (exact) mass is 293 g/mol. The maximum Gasteiger partial charge on any atom is 0.296 e. The first kappa shape index (κ1) is 14.3. The van der Waals surface area contributed by atoms with Gasteiger partial charge < -0.3 is 10.1 Å². The van der Waals surface area contributed by atoms with E-state index in [0.717, 1.165) is 16.3 Å². The average Bonchev–Trinajstić information content (AvgIpc) is 2.92. The van der Waals surface area contributed by atoms with Gasteiger partial charge in [0.05, 0.1) is 29.7 Å². The van der Waals surface area contributed by atoms with Crippen molar-refractivity contribution in [2.45, 2.75) is 19.9 Å². The molecule has 0 unspecified atom stereocenters. The van der Waals surface area contributed by atoms with Gasteiger partial charge in [-0.1, -0.05) is 6.92 Å². The SMILES string of the molecule is CCc1ncc(CNc2ccc(OC)cc2[N+](=O)[O-])s1. The fraction of sp³-hybridized carbons (Fsp3) is 0.308. The Bertz CT molecular complexity index is 613. The third-order valence-corrected chi connectivity index (χ3v) is 3.90. The van der Waals surface area contributed by atoms with E-state index >= 15 is 0 Å². The number of methoxy groups -OCH3 is 1. The maximum absolute atomic E-state index is 11.1. The number of nitrogens with one attached hydrogen (secondary N) is 1. The number of benzene rings is 1. The van der Waals surface area contributed by atoms with Gasteiger partial charge in [-0.05, 0) is 18.6 Å². The van der Waals surface area contributed by atoms with Gasteiger partial charge >= 0.3 is 0 Å². The number of rotatable bonds is 6. The van der Waals surface area contributed by atoms with Crippen molar-refractivity contribution in [3.63, 3.8) is 0 Å². The highest BCUT2D eigenvalue weighted by atomic mass is 32.1. The first-order chi connectivity index (χ1) is 9.63. The first-order valence-electron chi connectivity index (χ1n) is 6.14. The molecule has 1 heterocycles. The zero-order valence-corrected chi connectivity index (χ0v) is 12.1. The van der Waals surface area contributed by atoms with E-state index in [2.05, 4.69) is 10.3 Å². The van der Waals surface area contributed by atoms with Crippen molar-refractivity contribution in [1.82, 2.24) is 4.98 Å². The highest BCUT2D eigenvalue weighted by Crippen LogP contribution is 2.29. The normalized spacial score (nSPS) is 10.3. The van der Waals surface area contributed by atoms with Crippen molar-refractivity contribution < 1.29 is 9.66 Å². The molecular formula is C13H15N3O3S. The zero-order valence-electron chi connectivity index (χ0n) is 11.3. The van der Waals surface area contributed by atoms with Crippen LogP contribution in [0, 0.1) is 10.1 Å². The van der Waals surface area contributed by atoms with E-state index < -0.39 is 4.92 Å². The predicted octanol–water partition coefficient (Wildman–Crippen LogP) is 3.23. The fourth-order valence-corrected chi connectivity index (χ4v) is 2.52. The zero-order chi connectivity index (χ0) is 14.5. The van der Waals surface area contributed by atoms with E-state index in [4.69, 9.17) is 4.74 Å². The summed E-state index contributed by atoms with van der Waals surface area (Å²) in [5.74, 6) is 0.466. The highest BCUT2D eigenvalue weighted by molar-refractivity contribution is 7.11. The Morgan fingerprint density at radius 2 is 2.30 bits per heavy atom. The molecule has 0 fully saturated rings. The van der Waals surface area contributed by atoms with Crippen molar-refractivity contribution in [3.8, 4) is 5.75 Å². The van der Waals surface area contributed by atoms with Crippen LogP contribution in [0.4, 0.5) is 11.4 Å². The van der Waals surface area contributed by atoms with Crippen molar-refractivity contribution >= 4 is 22.7 Å². The number of aryl methyl sites for hydroxylation is 1. The Morgan fingerprint density at radius 1 is 1.50 bits per heavy atom. The molecule has 0 aliphatic carbocycles. The van der Waals surface area contributed by atoms with Crippen LogP contribution in [0.15, 0.2) is 24.4 Å². The minimum atomic E-state index is -0.422. The minimum absolute atomic E-state index is 0.00424. The number of thiazole rings is 1. The predicted molar refractivity (Wildman–Crippen MR) is 78.5 cm³/mol. The summed E-state index contributed by atoms with van der Waals surface area (Å²) in [6.07, 6.45) is 2.69. The molecule has 20 heavy (non-hydrogen) atoms. The van der Waals surface area contributed by atoms with Crippen molar-refractivity contribution in [2.75, 3.05) is 12.4 Å². The van der Waals surface area contributed by atoms with E-state index in [-0.39, 0.29) is 5.69 Å². The van der Waals surface area contributed by atoms with Crippen molar-refractivity contribution in [2.24, 2.45) is 0 Å². The number of nitrogens with zero attached hydrogens (tertiary/aromatic N) is 2. The molecule has 7 heteroatoms. The summed E-state index contributed by atoms with van der Waals surface area (Å²) in [6, 6.07) is 4.75. The van der Waals surface area contributed by atoms with Crippen LogP contribution in [-0.4, -0.2) is 17.0 Å². The Kier molecular flexibility index (Phi) is 4.52. The third kappa shape index (κ3) is 3.24. The molecule has 2 rings (SSSR count). The van der Waals surface area contributed by atoms with E-state index in [1.165, 1.54) is 13.2 Å². The number of hydrogen-bond acceptors (Lipinski definition) is 6. The lowest BCUT2D eigenvalue weighted by atomic mass is 10.2.